The van der Waals surface area contributed by atoms with Gasteiger partial charge in [-0.3, -0.25) is 0 Å². The molecule has 0 aliphatic rings. The van der Waals surface area contributed by atoms with E-state index in [1.54, 1.807) is 6.33 Å². The van der Waals surface area contributed by atoms with Crippen molar-refractivity contribution in [1.29, 1.82) is 0 Å². The number of ether oxygens (including phenoxy) is 2. The molecular weight excluding hydrogens is 415 g/mol. The first-order valence-electron chi connectivity index (χ1n) is 7.78. The maximum atomic E-state index is 5.71. The van der Waals surface area contributed by atoms with Crippen molar-refractivity contribution in [3.63, 3.8) is 0 Å². The van der Waals surface area contributed by atoms with Crippen LogP contribution in [0.4, 0.5) is 11.5 Å². The van der Waals surface area contributed by atoms with Crippen LogP contribution >= 0.6 is 22.6 Å². The second kappa shape index (κ2) is 7.65. The minimum Gasteiger partial charge on any atom is -0.490 e. The number of nitrogens with zero attached hydrogens (tertiary/aromatic N) is 2. The molecule has 24 heavy (non-hydrogen) atoms. The van der Waals surface area contributed by atoms with Crippen molar-refractivity contribution in [2.24, 2.45) is 0 Å². The van der Waals surface area contributed by atoms with E-state index in [1.165, 1.54) is 0 Å². The maximum Gasteiger partial charge on any atom is 0.163 e. The Hall–Kier alpha value is -2.09. The quantitative estimate of drug-likeness (QED) is 0.568. The molecule has 0 aliphatic carbocycles. The van der Waals surface area contributed by atoms with Crippen LogP contribution in [0.25, 0.3) is 10.9 Å². The van der Waals surface area contributed by atoms with Gasteiger partial charge in [-0.05, 0) is 60.7 Å². The van der Waals surface area contributed by atoms with E-state index in [4.69, 9.17) is 9.47 Å². The first kappa shape index (κ1) is 16.8. The molecule has 0 unspecified atom stereocenters. The Morgan fingerprint density at radius 1 is 1.00 bits per heavy atom. The van der Waals surface area contributed by atoms with Crippen molar-refractivity contribution >= 4 is 45.0 Å². The molecule has 0 fully saturated rings. The fourth-order valence-electron chi connectivity index (χ4n) is 2.40. The highest BCUT2D eigenvalue weighted by atomic mass is 125. The van der Waals surface area contributed by atoms with Gasteiger partial charge in [-0.2, -0.15) is 0 Å². The predicted octanol–water partition coefficient (Wildman–Crippen LogP) is 4.78. The first-order valence-corrected chi connectivity index (χ1v) is 8.86. The van der Waals surface area contributed by atoms with Gasteiger partial charge in [-0.25, -0.2) is 9.97 Å². The second-order valence-corrected chi connectivity index (χ2v) is 6.29. The number of halogens is 1. The number of fused-ring (bicyclic) bond motifs is 1. The second-order valence-electron chi connectivity index (χ2n) is 5.04. The molecule has 1 N–H and O–H groups in total. The van der Waals surface area contributed by atoms with Crippen LogP contribution < -0.4 is 14.8 Å². The fraction of sp³-hybridized carbons (Fsp3) is 0.222. The van der Waals surface area contributed by atoms with Crippen LogP contribution in [0.1, 0.15) is 13.8 Å². The molecule has 2 aromatic carbocycles. The molecule has 0 amide bonds. The molecule has 3 rings (SSSR count). The molecule has 0 bridgehead atoms. The molecule has 1 aromatic heterocycles. The van der Waals surface area contributed by atoms with Crippen molar-refractivity contribution in [3.8, 4) is 11.5 Å². The molecule has 0 saturated carbocycles. The van der Waals surface area contributed by atoms with E-state index in [1.807, 2.05) is 44.2 Å². The number of benzene rings is 2. The number of hydrogen-bond donors (Lipinski definition) is 1. The van der Waals surface area contributed by atoms with Crippen molar-refractivity contribution in [1.82, 2.24) is 9.97 Å². The Kier molecular flexibility index (Phi) is 5.34. The lowest BCUT2D eigenvalue weighted by Crippen LogP contribution is -2.01. The summed E-state index contributed by atoms with van der Waals surface area (Å²) in [4.78, 5) is 8.74. The van der Waals surface area contributed by atoms with E-state index < -0.39 is 0 Å². The van der Waals surface area contributed by atoms with E-state index in [0.29, 0.717) is 24.7 Å². The minimum atomic E-state index is 0.568. The van der Waals surface area contributed by atoms with Gasteiger partial charge in [-0.15, -0.1) is 0 Å². The standard InChI is InChI=1S/C18H18IN3O2/c1-3-23-16-9-14-15(10-17(16)24-4-2)20-11-21-18(14)22-13-7-5-6-12(19)8-13/h5-11H,3-4H2,1-2H3,(H,20,21,22)/i19-2. The average molecular weight is 433 g/mol. The lowest BCUT2D eigenvalue weighted by Gasteiger charge is -2.14. The Labute approximate surface area is 154 Å². The third kappa shape index (κ3) is 3.69. The molecule has 3 aromatic rings. The fourth-order valence-corrected chi connectivity index (χ4v) is 2.95. The molecule has 0 atom stereocenters. The van der Waals surface area contributed by atoms with Crippen LogP contribution in [0.3, 0.4) is 0 Å². The minimum absolute atomic E-state index is 0.568. The van der Waals surface area contributed by atoms with Gasteiger partial charge in [0, 0.05) is 20.7 Å². The molecule has 0 radical (unpaired) electrons. The smallest absolute Gasteiger partial charge is 0.163 e. The van der Waals surface area contributed by atoms with Crippen molar-refractivity contribution < 1.29 is 9.47 Å². The van der Waals surface area contributed by atoms with E-state index >= 15 is 0 Å². The van der Waals surface area contributed by atoms with Crippen LogP contribution in [0.2, 0.25) is 0 Å². The van der Waals surface area contributed by atoms with E-state index in [2.05, 4.69) is 43.9 Å². The molecular formula is C18H18IN3O2. The Balaban J connectivity index is 2.06. The topological polar surface area (TPSA) is 56.3 Å². The Morgan fingerprint density at radius 3 is 2.46 bits per heavy atom. The van der Waals surface area contributed by atoms with E-state index in [9.17, 15) is 0 Å². The van der Waals surface area contributed by atoms with Gasteiger partial charge in [0.2, 0.25) is 0 Å². The summed E-state index contributed by atoms with van der Waals surface area (Å²) >= 11 is 2.29. The summed E-state index contributed by atoms with van der Waals surface area (Å²) < 4.78 is 12.5. The molecule has 124 valence electrons. The van der Waals surface area contributed by atoms with Gasteiger partial charge < -0.3 is 14.8 Å². The van der Waals surface area contributed by atoms with Crippen molar-refractivity contribution in [2.75, 3.05) is 18.5 Å². The van der Waals surface area contributed by atoms with Crippen LogP contribution in [0.15, 0.2) is 42.7 Å². The third-order valence-electron chi connectivity index (χ3n) is 3.39. The molecule has 1 heterocycles. The molecule has 0 spiro atoms. The maximum absolute atomic E-state index is 5.71. The highest BCUT2D eigenvalue weighted by molar-refractivity contribution is 14.1. The average Bonchev–Trinajstić information content (AvgIpc) is 2.56. The van der Waals surface area contributed by atoms with Crippen LogP contribution in [0.5, 0.6) is 11.5 Å². The molecule has 6 heteroatoms. The van der Waals surface area contributed by atoms with Gasteiger partial charge >= 0.3 is 0 Å². The number of aromatic nitrogens is 2. The zero-order valence-electron chi connectivity index (χ0n) is 13.5. The van der Waals surface area contributed by atoms with E-state index in [0.717, 1.165) is 26.0 Å². The van der Waals surface area contributed by atoms with Gasteiger partial charge in [0.25, 0.3) is 0 Å². The summed E-state index contributed by atoms with van der Waals surface area (Å²) in [5.74, 6) is 2.14. The van der Waals surface area contributed by atoms with Gasteiger partial charge in [0.05, 0.1) is 18.7 Å². The van der Waals surface area contributed by atoms with Crippen molar-refractivity contribution in [3.05, 3.63) is 46.3 Å². The zero-order chi connectivity index (χ0) is 16.9. The zero-order valence-corrected chi connectivity index (χ0v) is 15.7. The molecule has 5 nitrogen and oxygen atoms in total. The van der Waals surface area contributed by atoms with Gasteiger partial charge in [0.1, 0.15) is 12.1 Å². The summed E-state index contributed by atoms with van der Waals surface area (Å²) in [6.45, 7) is 5.04. The number of hydrogen-bond acceptors (Lipinski definition) is 5. The monoisotopic (exact) mass is 433 g/mol. The van der Waals surface area contributed by atoms with E-state index in [-0.39, 0.29) is 0 Å². The normalized spacial score (nSPS) is 10.6. The van der Waals surface area contributed by atoms with Crippen molar-refractivity contribution in [2.45, 2.75) is 13.8 Å². The summed E-state index contributed by atoms with van der Waals surface area (Å²) in [6.07, 6.45) is 1.55. The largest absolute Gasteiger partial charge is 0.490 e. The Bertz CT molecular complexity index is 855. The van der Waals surface area contributed by atoms with Crippen LogP contribution in [0, 0.1) is 3.57 Å². The lowest BCUT2D eigenvalue weighted by atomic mass is 10.2. The number of rotatable bonds is 6. The SMILES string of the molecule is CCOc1cc2ncnc(Nc3cccc([125I])c3)c2cc1OCC. The predicted molar refractivity (Wildman–Crippen MR) is 104 cm³/mol. The van der Waals surface area contributed by atoms with Crippen LogP contribution in [-0.4, -0.2) is 23.2 Å². The lowest BCUT2D eigenvalue weighted by molar-refractivity contribution is 0.288. The number of anilines is 2. The molecule has 0 saturated heterocycles. The van der Waals surface area contributed by atoms with Gasteiger partial charge in [-0.1, -0.05) is 6.07 Å². The summed E-state index contributed by atoms with van der Waals surface area (Å²) in [7, 11) is 0. The summed E-state index contributed by atoms with van der Waals surface area (Å²) in [6, 6.07) is 11.9. The Morgan fingerprint density at radius 2 is 1.75 bits per heavy atom. The summed E-state index contributed by atoms with van der Waals surface area (Å²) in [5.41, 5.74) is 1.79. The molecule has 0 aliphatic heterocycles. The first-order chi connectivity index (χ1) is 11.7. The van der Waals surface area contributed by atoms with Crippen LogP contribution in [-0.2, 0) is 0 Å². The highest BCUT2D eigenvalue weighted by Crippen LogP contribution is 2.35. The summed E-state index contributed by atoms with van der Waals surface area (Å²) in [5, 5.41) is 4.25. The highest BCUT2D eigenvalue weighted by Gasteiger charge is 2.12. The number of nitrogens with one attached hydrogen (secondary N) is 1. The van der Waals surface area contributed by atoms with Gasteiger partial charge in [0.15, 0.2) is 11.5 Å². The third-order valence-corrected chi connectivity index (χ3v) is 4.06.